The number of nitrogens with one attached hydrogen (secondary N) is 2. The van der Waals surface area contributed by atoms with Gasteiger partial charge in [0.1, 0.15) is 12.4 Å². The van der Waals surface area contributed by atoms with Crippen LogP contribution < -0.4 is 10.6 Å². The lowest BCUT2D eigenvalue weighted by Gasteiger charge is -2.26. The molecule has 1 aromatic carbocycles. The summed E-state index contributed by atoms with van der Waals surface area (Å²) in [6.45, 7) is 5.47. The predicted octanol–water partition coefficient (Wildman–Crippen LogP) is 3.10. The molecule has 1 aromatic heterocycles. The van der Waals surface area contributed by atoms with Gasteiger partial charge in [-0.2, -0.15) is 5.10 Å². The lowest BCUT2D eigenvalue weighted by atomic mass is 10.1. The zero-order valence-corrected chi connectivity index (χ0v) is 22.3. The van der Waals surface area contributed by atoms with Crippen molar-refractivity contribution in [3.63, 3.8) is 0 Å². The molecule has 0 saturated carbocycles. The molecule has 1 saturated heterocycles. The summed E-state index contributed by atoms with van der Waals surface area (Å²) in [5.74, 6) is 2.63. The van der Waals surface area contributed by atoms with Gasteiger partial charge in [-0.1, -0.05) is 37.1 Å². The number of nitrogens with zero attached hydrogens (tertiary/aromatic N) is 5. The second kappa shape index (κ2) is 13.2. The van der Waals surface area contributed by atoms with E-state index in [2.05, 4.69) is 54.9 Å². The quantitative estimate of drug-likeness (QED) is 0.304. The zero-order chi connectivity index (χ0) is 22.2. The Hall–Kier alpha value is -1.72. The lowest BCUT2D eigenvalue weighted by Crippen LogP contribution is -2.46. The summed E-state index contributed by atoms with van der Waals surface area (Å²) in [5, 5.41) is 11.7. The fourth-order valence-corrected chi connectivity index (χ4v) is 4.66. The topological polar surface area (TPSA) is 79.6 Å². The SMILES string of the molecule is CN=C(NCc1ccccc1CN1CCCCCC1)NC1CCc2nc(COC)nn2C1.I. The lowest BCUT2D eigenvalue weighted by molar-refractivity contribution is 0.177. The summed E-state index contributed by atoms with van der Waals surface area (Å²) in [4.78, 5) is 11.6. The van der Waals surface area contributed by atoms with Crippen LogP contribution in [0.25, 0.3) is 0 Å². The highest BCUT2D eigenvalue weighted by Gasteiger charge is 2.22. The van der Waals surface area contributed by atoms with Crippen LogP contribution in [-0.4, -0.2) is 58.9 Å². The van der Waals surface area contributed by atoms with Crippen LogP contribution >= 0.6 is 24.0 Å². The molecule has 1 fully saturated rings. The first kappa shape index (κ1) is 25.9. The van der Waals surface area contributed by atoms with Crippen molar-refractivity contribution < 1.29 is 4.74 Å². The molecule has 4 rings (SSSR count). The summed E-state index contributed by atoms with van der Waals surface area (Å²) in [7, 11) is 3.50. The Morgan fingerprint density at radius 1 is 1.15 bits per heavy atom. The van der Waals surface area contributed by atoms with Gasteiger partial charge >= 0.3 is 0 Å². The van der Waals surface area contributed by atoms with Crippen molar-refractivity contribution in [2.75, 3.05) is 27.2 Å². The van der Waals surface area contributed by atoms with Crippen molar-refractivity contribution in [2.24, 2.45) is 4.99 Å². The number of aryl methyl sites for hydroxylation is 1. The molecule has 2 aliphatic rings. The van der Waals surface area contributed by atoms with E-state index in [1.54, 1.807) is 7.11 Å². The van der Waals surface area contributed by atoms with Crippen LogP contribution in [0.3, 0.4) is 0 Å². The third-order valence-corrected chi connectivity index (χ3v) is 6.40. The van der Waals surface area contributed by atoms with Gasteiger partial charge in [0, 0.05) is 39.7 Å². The number of ether oxygens (including phenoxy) is 1. The van der Waals surface area contributed by atoms with Crippen LogP contribution in [0, 0.1) is 0 Å². The maximum absolute atomic E-state index is 5.17. The van der Waals surface area contributed by atoms with Gasteiger partial charge in [-0.05, 0) is 43.5 Å². The monoisotopic (exact) mass is 567 g/mol. The largest absolute Gasteiger partial charge is 0.377 e. The highest BCUT2D eigenvalue weighted by Crippen LogP contribution is 2.17. The first-order chi connectivity index (χ1) is 15.7. The van der Waals surface area contributed by atoms with Crippen LogP contribution in [0.1, 0.15) is 54.9 Å². The maximum atomic E-state index is 5.17. The number of aliphatic imine (C=N–C) groups is 1. The van der Waals surface area contributed by atoms with E-state index in [9.17, 15) is 0 Å². The number of halogens is 1. The molecule has 0 radical (unpaired) electrons. The van der Waals surface area contributed by atoms with Gasteiger partial charge in [0.25, 0.3) is 0 Å². The molecule has 0 spiro atoms. The molecule has 1 unspecified atom stereocenters. The van der Waals surface area contributed by atoms with Gasteiger partial charge in [0.05, 0.1) is 6.54 Å². The zero-order valence-electron chi connectivity index (χ0n) is 19.9. The van der Waals surface area contributed by atoms with Crippen LogP contribution in [0.2, 0.25) is 0 Å². The normalized spacial score (nSPS) is 19.3. The van der Waals surface area contributed by atoms with Gasteiger partial charge in [0.2, 0.25) is 0 Å². The summed E-state index contributed by atoms with van der Waals surface area (Å²) in [5.41, 5.74) is 2.75. The summed E-state index contributed by atoms with van der Waals surface area (Å²) in [6, 6.07) is 9.05. The molecular weight excluding hydrogens is 529 g/mol. The molecule has 9 heteroatoms. The molecule has 2 aliphatic heterocycles. The summed E-state index contributed by atoms with van der Waals surface area (Å²) < 4.78 is 7.17. The van der Waals surface area contributed by atoms with Crippen molar-refractivity contribution in [2.45, 2.75) is 70.8 Å². The second-order valence-electron chi connectivity index (χ2n) is 8.82. The van der Waals surface area contributed by atoms with Crippen molar-refractivity contribution in [1.82, 2.24) is 30.3 Å². The van der Waals surface area contributed by atoms with Crippen LogP contribution in [0.4, 0.5) is 0 Å². The van der Waals surface area contributed by atoms with Gasteiger partial charge in [0.15, 0.2) is 11.8 Å². The van der Waals surface area contributed by atoms with Crippen molar-refractivity contribution in [3.8, 4) is 0 Å². The number of aromatic nitrogens is 3. The highest BCUT2D eigenvalue weighted by atomic mass is 127. The van der Waals surface area contributed by atoms with Crippen molar-refractivity contribution in [1.29, 1.82) is 0 Å². The molecule has 0 aliphatic carbocycles. The Morgan fingerprint density at radius 2 is 1.91 bits per heavy atom. The maximum Gasteiger partial charge on any atom is 0.191 e. The average molecular weight is 568 g/mol. The second-order valence-corrected chi connectivity index (χ2v) is 8.82. The van der Waals surface area contributed by atoms with Crippen molar-refractivity contribution in [3.05, 3.63) is 47.0 Å². The number of rotatable bonds is 7. The Kier molecular flexibility index (Phi) is 10.4. The molecule has 1 atom stereocenters. The molecular formula is C24H38IN7O. The minimum Gasteiger partial charge on any atom is -0.377 e. The summed E-state index contributed by atoms with van der Waals surface area (Å²) >= 11 is 0. The molecule has 8 nitrogen and oxygen atoms in total. The number of methoxy groups -OCH3 is 1. The van der Waals surface area contributed by atoms with E-state index in [1.165, 1.54) is 49.9 Å². The van der Waals surface area contributed by atoms with Crippen LogP contribution in [0.5, 0.6) is 0 Å². The number of guanidine groups is 1. The molecule has 2 aromatic rings. The van der Waals surface area contributed by atoms with Crippen LogP contribution in [0.15, 0.2) is 29.3 Å². The van der Waals surface area contributed by atoms with Crippen LogP contribution in [-0.2, 0) is 37.4 Å². The Labute approximate surface area is 214 Å². The molecule has 182 valence electrons. The number of hydrogen-bond donors (Lipinski definition) is 2. The molecule has 0 bridgehead atoms. The van der Waals surface area contributed by atoms with Gasteiger partial charge < -0.3 is 15.4 Å². The van der Waals surface area contributed by atoms with E-state index in [-0.39, 0.29) is 30.0 Å². The average Bonchev–Trinajstić information content (AvgIpc) is 3.02. The predicted molar refractivity (Wildman–Crippen MR) is 142 cm³/mol. The molecule has 0 amide bonds. The smallest absolute Gasteiger partial charge is 0.191 e. The minimum absolute atomic E-state index is 0. The molecule has 33 heavy (non-hydrogen) atoms. The summed E-state index contributed by atoms with van der Waals surface area (Å²) in [6.07, 6.45) is 7.29. The minimum atomic E-state index is 0. The van der Waals surface area contributed by atoms with E-state index >= 15 is 0 Å². The third kappa shape index (κ3) is 7.38. The fraction of sp³-hybridized carbons (Fsp3) is 0.625. The number of hydrogen-bond acceptors (Lipinski definition) is 5. The van der Waals surface area contributed by atoms with E-state index < -0.39 is 0 Å². The Balaban J connectivity index is 0.00000306. The molecule has 2 N–H and O–H groups in total. The fourth-order valence-electron chi connectivity index (χ4n) is 4.66. The van der Waals surface area contributed by atoms with E-state index in [1.807, 2.05) is 11.7 Å². The molecule has 3 heterocycles. The van der Waals surface area contributed by atoms with Gasteiger partial charge in [-0.15, -0.1) is 24.0 Å². The van der Waals surface area contributed by atoms with Gasteiger partial charge in [-0.25, -0.2) is 9.67 Å². The Morgan fingerprint density at radius 3 is 2.64 bits per heavy atom. The Bertz CT molecular complexity index is 893. The standard InChI is InChI=1S/C24H37N7O.HI/c1-25-24(27-21-11-12-23-28-22(18-32-2)29-31(23)17-21)26-15-19-9-5-6-10-20(19)16-30-13-7-3-4-8-14-30;/h5-6,9-10,21H,3-4,7-8,11-18H2,1-2H3,(H2,25,26,27);1H. The first-order valence-electron chi connectivity index (χ1n) is 11.9. The first-order valence-corrected chi connectivity index (χ1v) is 11.9. The van der Waals surface area contributed by atoms with Gasteiger partial charge in [-0.3, -0.25) is 9.89 Å². The van der Waals surface area contributed by atoms with E-state index in [0.29, 0.717) is 6.61 Å². The van der Waals surface area contributed by atoms with E-state index in [4.69, 9.17) is 4.74 Å². The number of fused-ring (bicyclic) bond motifs is 1. The highest BCUT2D eigenvalue weighted by molar-refractivity contribution is 14.0. The van der Waals surface area contributed by atoms with Crippen molar-refractivity contribution >= 4 is 29.9 Å². The third-order valence-electron chi connectivity index (χ3n) is 6.40. The number of benzene rings is 1. The van der Waals surface area contributed by atoms with E-state index in [0.717, 1.165) is 50.1 Å². The number of likely N-dealkylation sites (tertiary alicyclic amines) is 1.